The lowest BCUT2D eigenvalue weighted by Crippen LogP contribution is -2.14. The minimum absolute atomic E-state index is 0.0409. The molecule has 54 valence electrons. The van der Waals surface area contributed by atoms with Gasteiger partial charge < -0.3 is 10.5 Å². The third kappa shape index (κ3) is 1.18. The van der Waals surface area contributed by atoms with E-state index in [9.17, 15) is 4.79 Å². The van der Waals surface area contributed by atoms with E-state index in [1.807, 2.05) is 0 Å². The summed E-state index contributed by atoms with van der Waals surface area (Å²) < 4.78 is 4.86. The van der Waals surface area contributed by atoms with E-state index in [0.717, 1.165) is 0 Å². The highest BCUT2D eigenvalue weighted by atomic mass is 16.5. The zero-order valence-electron chi connectivity index (χ0n) is 5.76. The molecule has 0 saturated carbocycles. The van der Waals surface area contributed by atoms with Gasteiger partial charge >= 0.3 is 0 Å². The van der Waals surface area contributed by atoms with Crippen LogP contribution in [0, 0.1) is 0 Å². The van der Waals surface area contributed by atoms with Crippen LogP contribution in [0.15, 0.2) is 23.6 Å². The predicted molar refractivity (Wildman–Crippen MR) is 37.0 cm³/mol. The third-order valence-electron chi connectivity index (χ3n) is 1.34. The molecule has 0 aromatic carbocycles. The predicted octanol–water partition coefficient (Wildman–Crippen LogP) is 0.332. The minimum atomic E-state index is -0.0409. The molecule has 0 aromatic heterocycles. The Bertz CT molecular complexity index is 216. The number of rotatable bonds is 1. The van der Waals surface area contributed by atoms with Gasteiger partial charge in [0.05, 0.1) is 12.8 Å². The zero-order chi connectivity index (χ0) is 7.56. The number of hydrogen-bond donors (Lipinski definition) is 1. The van der Waals surface area contributed by atoms with E-state index in [-0.39, 0.29) is 11.5 Å². The van der Waals surface area contributed by atoms with Crippen molar-refractivity contribution in [2.24, 2.45) is 5.73 Å². The second-order valence-electron chi connectivity index (χ2n) is 2.04. The average molecular weight is 139 g/mol. The molecule has 0 radical (unpaired) electrons. The Morgan fingerprint density at radius 3 is 2.90 bits per heavy atom. The third-order valence-corrected chi connectivity index (χ3v) is 1.34. The van der Waals surface area contributed by atoms with Crippen molar-refractivity contribution < 1.29 is 9.53 Å². The van der Waals surface area contributed by atoms with Crippen molar-refractivity contribution in [1.29, 1.82) is 0 Å². The van der Waals surface area contributed by atoms with Gasteiger partial charge in [-0.05, 0) is 6.08 Å². The Morgan fingerprint density at radius 2 is 2.40 bits per heavy atom. The first kappa shape index (κ1) is 6.86. The Morgan fingerprint density at radius 1 is 1.70 bits per heavy atom. The number of carbonyl (C=O) groups excluding carboxylic acids is 1. The number of nitrogens with two attached hydrogens (primary N) is 1. The van der Waals surface area contributed by atoms with Crippen LogP contribution in [-0.2, 0) is 9.53 Å². The van der Waals surface area contributed by atoms with Gasteiger partial charge in [0.25, 0.3) is 0 Å². The van der Waals surface area contributed by atoms with E-state index < -0.39 is 0 Å². The van der Waals surface area contributed by atoms with Gasteiger partial charge in [-0.15, -0.1) is 0 Å². The van der Waals surface area contributed by atoms with E-state index in [2.05, 4.69) is 0 Å². The topological polar surface area (TPSA) is 52.3 Å². The van der Waals surface area contributed by atoms with Gasteiger partial charge in [0, 0.05) is 12.5 Å². The summed E-state index contributed by atoms with van der Waals surface area (Å²) in [4.78, 5) is 10.8. The number of allylic oxidation sites excluding steroid dienone is 3. The highest BCUT2D eigenvalue weighted by molar-refractivity contribution is 5.96. The number of methoxy groups -OCH3 is 1. The molecule has 1 rings (SSSR count). The molecule has 0 heterocycles. The summed E-state index contributed by atoms with van der Waals surface area (Å²) in [7, 11) is 1.55. The fourth-order valence-electron chi connectivity index (χ4n) is 0.746. The van der Waals surface area contributed by atoms with Crippen molar-refractivity contribution in [1.82, 2.24) is 0 Å². The molecule has 1 aliphatic rings. The molecule has 2 N–H and O–H groups in total. The van der Waals surface area contributed by atoms with Crippen molar-refractivity contribution >= 4 is 5.78 Å². The summed E-state index contributed by atoms with van der Waals surface area (Å²) in [6, 6.07) is 0. The van der Waals surface area contributed by atoms with Crippen LogP contribution in [-0.4, -0.2) is 12.9 Å². The maximum Gasteiger partial charge on any atom is 0.182 e. The van der Waals surface area contributed by atoms with Gasteiger partial charge in [0.1, 0.15) is 5.76 Å². The SMILES string of the molecule is COC1=CCC(=O)C(N)=C1. The lowest BCUT2D eigenvalue weighted by molar-refractivity contribution is -0.115. The van der Waals surface area contributed by atoms with Gasteiger partial charge in [0.2, 0.25) is 0 Å². The van der Waals surface area contributed by atoms with Crippen LogP contribution in [0.3, 0.4) is 0 Å². The number of hydrogen-bond acceptors (Lipinski definition) is 3. The largest absolute Gasteiger partial charge is 0.497 e. The lowest BCUT2D eigenvalue weighted by atomic mass is 10.1. The molecule has 0 amide bonds. The van der Waals surface area contributed by atoms with E-state index in [1.54, 1.807) is 13.2 Å². The molecule has 0 bridgehead atoms. The molecule has 0 aromatic rings. The Hall–Kier alpha value is -1.25. The van der Waals surface area contributed by atoms with E-state index in [4.69, 9.17) is 10.5 Å². The van der Waals surface area contributed by atoms with E-state index in [1.165, 1.54) is 6.08 Å². The second kappa shape index (κ2) is 2.56. The van der Waals surface area contributed by atoms with Gasteiger partial charge in [-0.1, -0.05) is 0 Å². The van der Waals surface area contributed by atoms with Crippen molar-refractivity contribution in [2.45, 2.75) is 6.42 Å². The van der Waals surface area contributed by atoms with Crippen LogP contribution in [0.4, 0.5) is 0 Å². The molecule has 0 spiro atoms. The first-order chi connectivity index (χ1) is 4.74. The highest BCUT2D eigenvalue weighted by Gasteiger charge is 2.09. The Kier molecular flexibility index (Phi) is 1.76. The Balaban J connectivity index is 2.79. The molecule has 0 unspecified atom stereocenters. The number of ether oxygens (including phenoxy) is 1. The molecule has 3 nitrogen and oxygen atoms in total. The Labute approximate surface area is 59.2 Å². The van der Waals surface area contributed by atoms with Crippen molar-refractivity contribution in [3.63, 3.8) is 0 Å². The highest BCUT2D eigenvalue weighted by Crippen LogP contribution is 2.10. The molecule has 0 fully saturated rings. The number of ketones is 1. The molecular weight excluding hydrogens is 130 g/mol. The van der Waals surface area contributed by atoms with Crippen LogP contribution < -0.4 is 5.73 Å². The van der Waals surface area contributed by atoms with Crippen LogP contribution in [0.5, 0.6) is 0 Å². The maximum absolute atomic E-state index is 10.8. The van der Waals surface area contributed by atoms with Crippen LogP contribution in [0.2, 0.25) is 0 Å². The molecule has 1 aliphatic carbocycles. The quantitative estimate of drug-likeness (QED) is 0.569. The molecule has 3 heteroatoms. The fourth-order valence-corrected chi connectivity index (χ4v) is 0.746. The summed E-state index contributed by atoms with van der Waals surface area (Å²) in [5, 5.41) is 0. The van der Waals surface area contributed by atoms with Gasteiger partial charge in [-0.3, -0.25) is 4.79 Å². The van der Waals surface area contributed by atoms with Crippen LogP contribution >= 0.6 is 0 Å². The molecular formula is C7H9NO2. The smallest absolute Gasteiger partial charge is 0.182 e. The summed E-state index contributed by atoms with van der Waals surface area (Å²) in [6.45, 7) is 0. The van der Waals surface area contributed by atoms with Crippen molar-refractivity contribution in [3.8, 4) is 0 Å². The van der Waals surface area contributed by atoms with Crippen LogP contribution in [0.1, 0.15) is 6.42 Å². The summed E-state index contributed by atoms with van der Waals surface area (Å²) in [5.41, 5.74) is 5.61. The first-order valence-corrected chi connectivity index (χ1v) is 2.98. The molecule has 0 atom stereocenters. The zero-order valence-corrected chi connectivity index (χ0v) is 5.76. The monoisotopic (exact) mass is 139 g/mol. The first-order valence-electron chi connectivity index (χ1n) is 2.98. The van der Waals surface area contributed by atoms with Crippen molar-refractivity contribution in [2.75, 3.05) is 7.11 Å². The summed E-state index contributed by atoms with van der Waals surface area (Å²) >= 11 is 0. The molecule has 0 saturated heterocycles. The normalized spacial score (nSPS) is 17.9. The summed E-state index contributed by atoms with van der Waals surface area (Å²) in [6.07, 6.45) is 3.59. The van der Waals surface area contributed by atoms with Gasteiger partial charge in [0.15, 0.2) is 5.78 Å². The second-order valence-corrected chi connectivity index (χ2v) is 2.04. The van der Waals surface area contributed by atoms with Crippen molar-refractivity contribution in [3.05, 3.63) is 23.6 Å². The lowest BCUT2D eigenvalue weighted by Gasteiger charge is -2.07. The maximum atomic E-state index is 10.8. The minimum Gasteiger partial charge on any atom is -0.497 e. The number of carbonyl (C=O) groups is 1. The fraction of sp³-hybridized carbons (Fsp3) is 0.286. The van der Waals surface area contributed by atoms with Gasteiger partial charge in [-0.2, -0.15) is 0 Å². The summed E-state index contributed by atoms with van der Waals surface area (Å²) in [5.74, 6) is 0.623. The van der Waals surface area contributed by atoms with Crippen LogP contribution in [0.25, 0.3) is 0 Å². The number of Topliss-reactive ketones (excluding diaryl/α,β-unsaturated/α-hetero) is 1. The van der Waals surface area contributed by atoms with E-state index in [0.29, 0.717) is 12.2 Å². The molecule has 10 heavy (non-hydrogen) atoms. The molecule has 0 aliphatic heterocycles. The van der Waals surface area contributed by atoms with Gasteiger partial charge in [-0.25, -0.2) is 0 Å². The van der Waals surface area contributed by atoms with E-state index >= 15 is 0 Å². The average Bonchev–Trinajstić information content (AvgIpc) is 1.95. The standard InChI is InChI=1S/C7H9NO2/c1-10-5-2-3-7(9)6(8)4-5/h2,4H,3,8H2,1H3.